The smallest absolute Gasteiger partial charge is 0.229 e. The Bertz CT molecular complexity index is 788. The van der Waals surface area contributed by atoms with E-state index < -0.39 is 42.5 Å². The number of rotatable bonds is 4. The van der Waals surface area contributed by atoms with Crippen LogP contribution in [0.15, 0.2) is 29.2 Å². The Kier molecular flexibility index (Phi) is 4.80. The van der Waals surface area contributed by atoms with E-state index >= 15 is 0 Å². The molecule has 2 rings (SSSR count). The van der Waals surface area contributed by atoms with Crippen molar-refractivity contribution < 1.29 is 30.0 Å². The first kappa shape index (κ1) is 18.2. The second-order valence-electron chi connectivity index (χ2n) is 5.26. The van der Waals surface area contributed by atoms with Crippen molar-refractivity contribution in [2.45, 2.75) is 30.5 Å². The van der Waals surface area contributed by atoms with Gasteiger partial charge in [0.15, 0.2) is 9.84 Å². The Morgan fingerprint density at radius 2 is 1.87 bits per heavy atom. The molecule has 0 spiro atoms. The standard InChI is InChI=1S/C13H16F3NO4S2/c1-2-17(10-7-8-22(18,19)9-10)23(20,21)12-6-4-3-5-11(12)13(14,15)16/h3-6,10H,2,7-9H2,1H3. The minimum Gasteiger partial charge on any atom is -0.229 e. The van der Waals surface area contributed by atoms with Gasteiger partial charge in [0.1, 0.15) is 0 Å². The SMILES string of the molecule is CCN(C1CCS(=O)(=O)C1)S(=O)(=O)c1ccccc1C(F)(F)F. The highest BCUT2D eigenvalue weighted by Gasteiger charge is 2.42. The van der Waals surface area contributed by atoms with Crippen LogP contribution in [0.4, 0.5) is 13.2 Å². The van der Waals surface area contributed by atoms with Crippen molar-refractivity contribution in [3.63, 3.8) is 0 Å². The zero-order valence-corrected chi connectivity index (χ0v) is 13.9. The van der Waals surface area contributed by atoms with Crippen molar-refractivity contribution >= 4 is 19.9 Å². The molecule has 0 radical (unpaired) electrons. The molecule has 0 bridgehead atoms. The molecule has 0 amide bonds. The largest absolute Gasteiger partial charge is 0.417 e. The molecule has 1 saturated heterocycles. The molecule has 1 aliphatic rings. The fraction of sp³-hybridized carbons (Fsp3) is 0.538. The lowest BCUT2D eigenvalue weighted by Crippen LogP contribution is -2.41. The van der Waals surface area contributed by atoms with Gasteiger partial charge in [-0.15, -0.1) is 0 Å². The molecule has 1 fully saturated rings. The lowest BCUT2D eigenvalue weighted by atomic mass is 10.2. The summed E-state index contributed by atoms with van der Waals surface area (Å²) < 4.78 is 88.5. The van der Waals surface area contributed by atoms with Crippen LogP contribution in [-0.4, -0.2) is 45.2 Å². The van der Waals surface area contributed by atoms with Crippen LogP contribution in [0.1, 0.15) is 18.9 Å². The van der Waals surface area contributed by atoms with E-state index in [0.29, 0.717) is 6.07 Å². The Balaban J connectivity index is 2.49. The summed E-state index contributed by atoms with van der Waals surface area (Å²) in [6.45, 7) is 1.37. The molecule has 1 heterocycles. The van der Waals surface area contributed by atoms with Gasteiger partial charge >= 0.3 is 6.18 Å². The molecular weight excluding hydrogens is 355 g/mol. The summed E-state index contributed by atoms with van der Waals surface area (Å²) in [5.41, 5.74) is -1.25. The lowest BCUT2D eigenvalue weighted by molar-refractivity contribution is -0.139. The molecule has 1 atom stereocenters. The van der Waals surface area contributed by atoms with Crippen molar-refractivity contribution in [2.75, 3.05) is 18.1 Å². The Morgan fingerprint density at radius 3 is 2.35 bits per heavy atom. The predicted molar refractivity (Wildman–Crippen MR) is 78.1 cm³/mol. The van der Waals surface area contributed by atoms with Gasteiger partial charge < -0.3 is 0 Å². The van der Waals surface area contributed by atoms with Gasteiger partial charge in [0.25, 0.3) is 0 Å². The highest BCUT2D eigenvalue weighted by atomic mass is 32.2. The monoisotopic (exact) mass is 371 g/mol. The van der Waals surface area contributed by atoms with Gasteiger partial charge in [0.2, 0.25) is 10.0 Å². The van der Waals surface area contributed by atoms with Crippen molar-refractivity contribution in [3.05, 3.63) is 29.8 Å². The summed E-state index contributed by atoms with van der Waals surface area (Å²) in [6.07, 6.45) is -4.73. The molecule has 23 heavy (non-hydrogen) atoms. The van der Waals surface area contributed by atoms with Gasteiger partial charge in [-0.2, -0.15) is 17.5 Å². The summed E-state index contributed by atoms with van der Waals surface area (Å²) in [4.78, 5) is -0.848. The molecule has 130 valence electrons. The fourth-order valence-corrected chi connectivity index (χ4v) is 6.38. The predicted octanol–water partition coefficient (Wildman–Crippen LogP) is 1.90. The molecule has 0 saturated carbocycles. The van der Waals surface area contributed by atoms with Gasteiger partial charge in [0.05, 0.1) is 22.0 Å². The molecule has 1 aliphatic heterocycles. The van der Waals surface area contributed by atoms with Crippen LogP contribution >= 0.6 is 0 Å². The third-order valence-electron chi connectivity index (χ3n) is 3.71. The average molecular weight is 371 g/mol. The van der Waals surface area contributed by atoms with E-state index in [1.54, 1.807) is 0 Å². The summed E-state index contributed by atoms with van der Waals surface area (Å²) >= 11 is 0. The van der Waals surface area contributed by atoms with Gasteiger partial charge in [0, 0.05) is 12.6 Å². The van der Waals surface area contributed by atoms with Gasteiger partial charge in [-0.25, -0.2) is 16.8 Å². The maximum atomic E-state index is 13.1. The average Bonchev–Trinajstić information content (AvgIpc) is 2.78. The van der Waals surface area contributed by atoms with E-state index in [4.69, 9.17) is 0 Å². The number of alkyl halides is 3. The normalized spacial score (nSPS) is 21.7. The number of hydrogen-bond acceptors (Lipinski definition) is 4. The topological polar surface area (TPSA) is 71.5 Å². The minimum absolute atomic E-state index is 0.0869. The number of nitrogens with zero attached hydrogens (tertiary/aromatic N) is 1. The third-order valence-corrected chi connectivity index (χ3v) is 7.54. The molecule has 10 heteroatoms. The first-order chi connectivity index (χ1) is 10.5. The number of hydrogen-bond donors (Lipinski definition) is 0. The fourth-order valence-electron chi connectivity index (χ4n) is 2.68. The molecule has 1 aromatic rings. The molecule has 1 aromatic carbocycles. The second kappa shape index (κ2) is 6.06. The van der Waals surface area contributed by atoms with E-state index in [0.717, 1.165) is 16.4 Å². The van der Waals surface area contributed by atoms with Crippen LogP contribution in [0.5, 0.6) is 0 Å². The van der Waals surface area contributed by atoms with Gasteiger partial charge in [-0.05, 0) is 18.6 Å². The van der Waals surface area contributed by atoms with Crippen molar-refractivity contribution in [1.29, 1.82) is 0 Å². The summed E-state index contributed by atoms with van der Waals surface area (Å²) in [5, 5.41) is 0. The Labute approximate surface area is 133 Å². The van der Waals surface area contributed by atoms with Crippen LogP contribution in [0.25, 0.3) is 0 Å². The van der Waals surface area contributed by atoms with E-state index in [1.165, 1.54) is 13.0 Å². The summed E-state index contributed by atoms with van der Waals surface area (Å²) in [7, 11) is -7.81. The maximum Gasteiger partial charge on any atom is 0.417 e. The maximum absolute atomic E-state index is 13.1. The highest BCUT2D eigenvalue weighted by Crippen LogP contribution is 2.36. The van der Waals surface area contributed by atoms with Crippen molar-refractivity contribution in [1.82, 2.24) is 4.31 Å². The first-order valence-corrected chi connectivity index (χ1v) is 10.1. The van der Waals surface area contributed by atoms with Crippen molar-refractivity contribution in [2.24, 2.45) is 0 Å². The van der Waals surface area contributed by atoms with Crippen LogP contribution in [0.2, 0.25) is 0 Å². The number of benzene rings is 1. The van der Waals surface area contributed by atoms with E-state index in [-0.39, 0.29) is 24.5 Å². The van der Waals surface area contributed by atoms with E-state index in [1.807, 2.05) is 0 Å². The zero-order valence-electron chi connectivity index (χ0n) is 12.2. The lowest BCUT2D eigenvalue weighted by Gasteiger charge is -2.27. The molecule has 0 N–H and O–H groups in total. The number of sulfonamides is 1. The van der Waals surface area contributed by atoms with Crippen LogP contribution < -0.4 is 0 Å². The molecule has 0 aliphatic carbocycles. The molecule has 0 aromatic heterocycles. The molecule has 5 nitrogen and oxygen atoms in total. The minimum atomic E-state index is -4.81. The second-order valence-corrected chi connectivity index (χ2v) is 9.35. The molecular formula is C13H16F3NO4S2. The van der Waals surface area contributed by atoms with Crippen LogP contribution in [0, 0.1) is 0 Å². The zero-order chi connectivity index (χ0) is 17.5. The summed E-state index contributed by atoms with van der Waals surface area (Å²) in [5.74, 6) is -0.529. The van der Waals surface area contributed by atoms with Gasteiger partial charge in [-0.3, -0.25) is 0 Å². The van der Waals surface area contributed by atoms with Gasteiger partial charge in [-0.1, -0.05) is 19.1 Å². The van der Waals surface area contributed by atoms with Crippen molar-refractivity contribution in [3.8, 4) is 0 Å². The number of halogens is 3. The summed E-state index contributed by atoms with van der Waals surface area (Å²) in [6, 6.07) is 3.08. The Hall–Kier alpha value is -1.13. The van der Waals surface area contributed by atoms with E-state index in [2.05, 4.69) is 0 Å². The quantitative estimate of drug-likeness (QED) is 0.811. The third kappa shape index (κ3) is 3.69. The van der Waals surface area contributed by atoms with Crippen LogP contribution in [-0.2, 0) is 26.0 Å². The van der Waals surface area contributed by atoms with E-state index in [9.17, 15) is 30.0 Å². The number of sulfone groups is 1. The first-order valence-electron chi connectivity index (χ1n) is 6.87. The molecule has 1 unspecified atom stereocenters. The van der Waals surface area contributed by atoms with Crippen LogP contribution in [0.3, 0.4) is 0 Å². The highest BCUT2D eigenvalue weighted by molar-refractivity contribution is 7.92. The Morgan fingerprint density at radius 1 is 1.26 bits per heavy atom.